The molecule has 6 nitrogen and oxygen atoms in total. The van der Waals surface area contributed by atoms with Crippen molar-refractivity contribution in [3.63, 3.8) is 0 Å². The topological polar surface area (TPSA) is 65.5 Å². The van der Waals surface area contributed by atoms with Gasteiger partial charge >= 0.3 is 0 Å². The van der Waals surface area contributed by atoms with E-state index >= 15 is 0 Å². The minimum Gasteiger partial charge on any atom is -0.373 e. The highest BCUT2D eigenvalue weighted by atomic mass is 32.2. The number of nitrogens with zero attached hydrogens (tertiary/aromatic N) is 3. The SMILES string of the molecule is CNc1ccc(S(=O)(=O)N2CCCN3CCCC3C2)cn1. The highest BCUT2D eigenvalue weighted by molar-refractivity contribution is 7.89. The lowest BCUT2D eigenvalue weighted by molar-refractivity contribution is 0.257. The van der Waals surface area contributed by atoms with Gasteiger partial charge in [-0.05, 0) is 44.5 Å². The maximum absolute atomic E-state index is 12.8. The summed E-state index contributed by atoms with van der Waals surface area (Å²) in [4.78, 5) is 6.83. The van der Waals surface area contributed by atoms with E-state index in [1.807, 2.05) is 0 Å². The Morgan fingerprint density at radius 2 is 2.05 bits per heavy atom. The highest BCUT2D eigenvalue weighted by Crippen LogP contribution is 2.25. The summed E-state index contributed by atoms with van der Waals surface area (Å²) >= 11 is 0. The van der Waals surface area contributed by atoms with Crippen molar-refractivity contribution in [1.82, 2.24) is 14.2 Å². The van der Waals surface area contributed by atoms with Gasteiger partial charge in [-0.15, -0.1) is 0 Å². The van der Waals surface area contributed by atoms with E-state index in [9.17, 15) is 8.42 Å². The van der Waals surface area contributed by atoms with E-state index in [1.165, 1.54) is 12.6 Å². The first-order valence-electron chi connectivity index (χ1n) is 7.49. The Morgan fingerprint density at radius 1 is 1.24 bits per heavy atom. The van der Waals surface area contributed by atoms with Gasteiger partial charge in [0.1, 0.15) is 10.7 Å². The van der Waals surface area contributed by atoms with Crippen LogP contribution >= 0.6 is 0 Å². The van der Waals surface area contributed by atoms with Gasteiger partial charge in [-0.2, -0.15) is 4.31 Å². The van der Waals surface area contributed by atoms with Crippen molar-refractivity contribution < 1.29 is 8.42 Å². The zero-order valence-corrected chi connectivity index (χ0v) is 13.1. The predicted octanol–water partition coefficient (Wildman–Crippen LogP) is 0.982. The zero-order chi connectivity index (χ0) is 14.9. The first kappa shape index (κ1) is 14.7. The van der Waals surface area contributed by atoms with Gasteiger partial charge in [0.15, 0.2) is 0 Å². The van der Waals surface area contributed by atoms with Crippen LogP contribution in [-0.4, -0.2) is 61.9 Å². The number of hydrogen-bond acceptors (Lipinski definition) is 5. The van der Waals surface area contributed by atoms with Gasteiger partial charge < -0.3 is 5.32 Å². The van der Waals surface area contributed by atoms with Crippen molar-refractivity contribution >= 4 is 15.8 Å². The summed E-state index contributed by atoms with van der Waals surface area (Å²) in [7, 11) is -1.67. The molecule has 1 aromatic rings. The van der Waals surface area contributed by atoms with Crippen molar-refractivity contribution in [1.29, 1.82) is 0 Å². The standard InChI is InChI=1S/C14H22N4O2S/c1-15-14-6-5-13(10-16-14)21(19,20)18-9-3-8-17-7-2-4-12(17)11-18/h5-6,10,12H,2-4,7-9,11H2,1H3,(H,15,16). The third-order valence-electron chi connectivity index (χ3n) is 4.40. The van der Waals surface area contributed by atoms with Crippen molar-refractivity contribution in [3.8, 4) is 0 Å². The summed E-state index contributed by atoms with van der Waals surface area (Å²) < 4.78 is 27.2. The summed E-state index contributed by atoms with van der Waals surface area (Å²) in [5.41, 5.74) is 0. The van der Waals surface area contributed by atoms with E-state index < -0.39 is 10.0 Å². The molecule has 0 amide bonds. The molecule has 21 heavy (non-hydrogen) atoms. The number of hydrogen-bond donors (Lipinski definition) is 1. The molecule has 3 rings (SSSR count). The minimum atomic E-state index is -3.43. The molecule has 7 heteroatoms. The largest absolute Gasteiger partial charge is 0.373 e. The summed E-state index contributed by atoms with van der Waals surface area (Å²) in [5, 5.41) is 2.90. The average Bonchev–Trinajstić information content (AvgIpc) is 2.84. The molecule has 3 heterocycles. The van der Waals surface area contributed by atoms with Crippen molar-refractivity contribution in [2.24, 2.45) is 0 Å². The molecule has 0 aliphatic carbocycles. The van der Waals surface area contributed by atoms with Crippen LogP contribution in [0.4, 0.5) is 5.82 Å². The third-order valence-corrected chi connectivity index (χ3v) is 6.25. The molecule has 1 aromatic heterocycles. The average molecular weight is 310 g/mol. The van der Waals surface area contributed by atoms with E-state index in [0.717, 1.165) is 25.9 Å². The Balaban J connectivity index is 1.82. The van der Waals surface area contributed by atoms with Gasteiger partial charge in [-0.25, -0.2) is 13.4 Å². The van der Waals surface area contributed by atoms with E-state index in [4.69, 9.17) is 0 Å². The molecule has 1 N–H and O–H groups in total. The zero-order valence-electron chi connectivity index (χ0n) is 12.3. The Morgan fingerprint density at radius 3 is 2.76 bits per heavy atom. The van der Waals surface area contributed by atoms with Crippen LogP contribution < -0.4 is 5.32 Å². The molecule has 1 atom stereocenters. The van der Waals surface area contributed by atoms with Crippen LogP contribution in [-0.2, 0) is 10.0 Å². The Hall–Kier alpha value is -1.18. The molecule has 0 saturated carbocycles. The van der Waals surface area contributed by atoms with Gasteiger partial charge in [0, 0.05) is 32.4 Å². The van der Waals surface area contributed by atoms with Gasteiger partial charge in [0.2, 0.25) is 10.0 Å². The minimum absolute atomic E-state index is 0.285. The molecule has 116 valence electrons. The maximum atomic E-state index is 12.8. The molecule has 0 spiro atoms. The van der Waals surface area contributed by atoms with Crippen LogP contribution in [0.1, 0.15) is 19.3 Å². The molecule has 2 fully saturated rings. The van der Waals surface area contributed by atoms with Crippen LogP contribution in [0.25, 0.3) is 0 Å². The lowest BCUT2D eigenvalue weighted by atomic mass is 10.2. The first-order valence-corrected chi connectivity index (χ1v) is 8.93. The fourth-order valence-electron chi connectivity index (χ4n) is 3.22. The normalized spacial score (nSPS) is 24.5. The Kier molecular flexibility index (Phi) is 4.14. The molecule has 0 radical (unpaired) electrons. The van der Waals surface area contributed by atoms with Crippen molar-refractivity contribution in [2.45, 2.75) is 30.2 Å². The van der Waals surface area contributed by atoms with Gasteiger partial charge in [-0.1, -0.05) is 0 Å². The van der Waals surface area contributed by atoms with Gasteiger partial charge in [0.25, 0.3) is 0 Å². The lowest BCUT2D eigenvalue weighted by Crippen LogP contribution is -2.39. The second kappa shape index (κ2) is 5.90. The van der Waals surface area contributed by atoms with Crippen LogP contribution in [0.5, 0.6) is 0 Å². The second-order valence-corrected chi connectivity index (χ2v) is 7.62. The molecule has 0 aromatic carbocycles. The smallest absolute Gasteiger partial charge is 0.244 e. The molecule has 2 aliphatic heterocycles. The maximum Gasteiger partial charge on any atom is 0.244 e. The third kappa shape index (κ3) is 2.90. The number of sulfonamides is 1. The number of aromatic nitrogens is 1. The quantitative estimate of drug-likeness (QED) is 0.901. The fraction of sp³-hybridized carbons (Fsp3) is 0.643. The molecular formula is C14H22N4O2S. The molecule has 2 aliphatic rings. The van der Waals surface area contributed by atoms with Crippen LogP contribution in [0.15, 0.2) is 23.2 Å². The monoisotopic (exact) mass is 310 g/mol. The van der Waals surface area contributed by atoms with Crippen LogP contribution in [0.2, 0.25) is 0 Å². The van der Waals surface area contributed by atoms with Crippen LogP contribution in [0, 0.1) is 0 Å². The lowest BCUT2D eigenvalue weighted by Gasteiger charge is -2.25. The van der Waals surface area contributed by atoms with Crippen molar-refractivity contribution in [3.05, 3.63) is 18.3 Å². The highest BCUT2D eigenvalue weighted by Gasteiger charge is 2.34. The summed E-state index contributed by atoms with van der Waals surface area (Å²) in [6.45, 7) is 3.32. The molecular weight excluding hydrogens is 288 g/mol. The first-order chi connectivity index (χ1) is 10.1. The van der Waals surface area contributed by atoms with E-state index in [2.05, 4.69) is 15.2 Å². The van der Waals surface area contributed by atoms with E-state index in [0.29, 0.717) is 24.9 Å². The summed E-state index contributed by atoms with van der Waals surface area (Å²) in [5.74, 6) is 0.673. The molecule has 2 saturated heterocycles. The summed E-state index contributed by atoms with van der Waals surface area (Å²) in [6, 6.07) is 3.71. The molecule has 0 bridgehead atoms. The number of rotatable bonds is 3. The van der Waals surface area contributed by atoms with Crippen molar-refractivity contribution in [2.75, 3.05) is 38.5 Å². The number of nitrogens with one attached hydrogen (secondary N) is 1. The fourth-order valence-corrected chi connectivity index (χ4v) is 4.68. The number of fused-ring (bicyclic) bond motifs is 1. The van der Waals surface area contributed by atoms with Gasteiger partial charge in [0.05, 0.1) is 0 Å². The van der Waals surface area contributed by atoms with E-state index in [-0.39, 0.29) is 4.90 Å². The Bertz CT molecular complexity index is 587. The number of pyridine rings is 1. The molecule has 1 unspecified atom stereocenters. The predicted molar refractivity (Wildman–Crippen MR) is 81.8 cm³/mol. The van der Waals surface area contributed by atoms with E-state index in [1.54, 1.807) is 23.5 Å². The van der Waals surface area contributed by atoms with Gasteiger partial charge in [-0.3, -0.25) is 4.90 Å². The summed E-state index contributed by atoms with van der Waals surface area (Å²) in [6.07, 6.45) is 4.62. The Labute approximate surface area is 126 Å². The van der Waals surface area contributed by atoms with Crippen LogP contribution in [0.3, 0.4) is 0 Å². The second-order valence-electron chi connectivity index (χ2n) is 5.68. The number of anilines is 1.